The van der Waals surface area contributed by atoms with Gasteiger partial charge in [-0.25, -0.2) is 4.79 Å². The van der Waals surface area contributed by atoms with Crippen molar-refractivity contribution in [2.24, 2.45) is 0 Å². The van der Waals surface area contributed by atoms with Crippen LogP contribution in [0.3, 0.4) is 0 Å². The normalized spacial score (nSPS) is 14.5. The topological polar surface area (TPSA) is 59.2 Å². The Kier molecular flexibility index (Phi) is 2.58. The van der Waals surface area contributed by atoms with Gasteiger partial charge < -0.3 is 9.72 Å². The number of esters is 1. The molecular formula is C11H13NO3. The van der Waals surface area contributed by atoms with Gasteiger partial charge in [0.15, 0.2) is 0 Å². The van der Waals surface area contributed by atoms with E-state index in [2.05, 4.69) is 9.72 Å². The first-order chi connectivity index (χ1) is 7.24. The molecule has 1 aliphatic rings. The number of H-pyrrole nitrogens is 1. The molecule has 0 amide bonds. The fourth-order valence-electron chi connectivity index (χ4n) is 2.01. The van der Waals surface area contributed by atoms with Crippen molar-refractivity contribution < 1.29 is 14.3 Å². The monoisotopic (exact) mass is 207 g/mol. The summed E-state index contributed by atoms with van der Waals surface area (Å²) in [6.45, 7) is 0. The van der Waals surface area contributed by atoms with E-state index in [1.807, 2.05) is 0 Å². The average Bonchev–Trinajstić information content (AvgIpc) is 2.70. The number of methoxy groups -OCH3 is 1. The zero-order valence-electron chi connectivity index (χ0n) is 8.63. The molecule has 1 aromatic rings. The number of ketones is 1. The van der Waals surface area contributed by atoms with E-state index in [-0.39, 0.29) is 0 Å². The molecule has 0 aliphatic heterocycles. The number of Topliss-reactive ketones (excluding diaryl/α,β-unsaturated/α-hetero) is 1. The fourth-order valence-corrected chi connectivity index (χ4v) is 2.01. The summed E-state index contributed by atoms with van der Waals surface area (Å²) < 4.78 is 4.42. The highest BCUT2D eigenvalue weighted by atomic mass is 16.5. The van der Waals surface area contributed by atoms with E-state index >= 15 is 0 Å². The van der Waals surface area contributed by atoms with Crippen molar-refractivity contribution in [3.05, 3.63) is 23.0 Å². The van der Waals surface area contributed by atoms with Gasteiger partial charge in [0.05, 0.1) is 12.7 Å². The predicted octanol–water partition coefficient (Wildman–Crippen LogP) is 1.25. The molecule has 0 spiro atoms. The predicted molar refractivity (Wildman–Crippen MR) is 53.8 cm³/mol. The molecule has 0 radical (unpaired) electrons. The van der Waals surface area contributed by atoms with Crippen LogP contribution in [0.4, 0.5) is 0 Å². The van der Waals surface area contributed by atoms with Crippen LogP contribution in [0, 0.1) is 0 Å². The zero-order valence-corrected chi connectivity index (χ0v) is 8.63. The lowest BCUT2D eigenvalue weighted by atomic mass is 9.94. The summed E-state index contributed by atoms with van der Waals surface area (Å²) in [4.78, 5) is 25.8. The van der Waals surface area contributed by atoms with Crippen molar-refractivity contribution in [3.8, 4) is 0 Å². The fraction of sp³-hybridized carbons (Fsp3) is 0.455. The summed E-state index contributed by atoms with van der Waals surface area (Å²) >= 11 is 0. The molecule has 1 aromatic heterocycles. The molecule has 1 aliphatic carbocycles. The van der Waals surface area contributed by atoms with Crippen LogP contribution in [0.15, 0.2) is 6.20 Å². The standard InChI is InChI=1S/C11H13NO3/c1-15-11(14)10(13)8-6-12-9-5-3-2-4-7(8)9/h6,12H,2-5H2,1H3. The lowest BCUT2D eigenvalue weighted by Crippen LogP contribution is -2.17. The van der Waals surface area contributed by atoms with Crippen LogP contribution in [-0.2, 0) is 22.4 Å². The molecule has 0 saturated carbocycles. The number of fused-ring (bicyclic) bond motifs is 1. The number of carbonyl (C=O) groups is 2. The first-order valence-electron chi connectivity index (χ1n) is 5.06. The van der Waals surface area contributed by atoms with E-state index < -0.39 is 11.8 Å². The van der Waals surface area contributed by atoms with Crippen LogP contribution in [0.2, 0.25) is 0 Å². The first-order valence-corrected chi connectivity index (χ1v) is 5.06. The lowest BCUT2D eigenvalue weighted by Gasteiger charge is -2.11. The first kappa shape index (κ1) is 9.96. The smallest absolute Gasteiger partial charge is 0.379 e. The van der Waals surface area contributed by atoms with Crippen molar-refractivity contribution >= 4 is 11.8 Å². The molecule has 0 saturated heterocycles. The van der Waals surface area contributed by atoms with Gasteiger partial charge in [0.25, 0.3) is 5.78 Å². The van der Waals surface area contributed by atoms with Crippen LogP contribution >= 0.6 is 0 Å². The number of hydrogen-bond acceptors (Lipinski definition) is 3. The van der Waals surface area contributed by atoms with Gasteiger partial charge in [-0.05, 0) is 31.2 Å². The number of ether oxygens (including phenoxy) is 1. The molecular weight excluding hydrogens is 194 g/mol. The molecule has 0 aromatic carbocycles. The summed E-state index contributed by atoms with van der Waals surface area (Å²) in [6.07, 6.45) is 5.67. The summed E-state index contributed by atoms with van der Waals surface area (Å²) in [5.41, 5.74) is 2.57. The molecule has 15 heavy (non-hydrogen) atoms. The van der Waals surface area contributed by atoms with E-state index in [0.717, 1.165) is 36.9 Å². The van der Waals surface area contributed by atoms with E-state index in [4.69, 9.17) is 0 Å². The number of aromatic amines is 1. The van der Waals surface area contributed by atoms with E-state index in [9.17, 15) is 9.59 Å². The molecule has 0 bridgehead atoms. The minimum atomic E-state index is -0.789. The third kappa shape index (κ3) is 1.67. The lowest BCUT2D eigenvalue weighted by molar-refractivity contribution is -0.135. The summed E-state index contributed by atoms with van der Waals surface area (Å²) in [6, 6.07) is 0. The minimum Gasteiger partial charge on any atom is -0.463 e. The van der Waals surface area contributed by atoms with Crippen LogP contribution < -0.4 is 0 Å². The van der Waals surface area contributed by atoms with Crippen molar-refractivity contribution in [3.63, 3.8) is 0 Å². The SMILES string of the molecule is COC(=O)C(=O)c1c[nH]c2c1CCCC2. The largest absolute Gasteiger partial charge is 0.463 e. The molecule has 4 heteroatoms. The molecule has 1 N–H and O–H groups in total. The van der Waals surface area contributed by atoms with Gasteiger partial charge in [-0.15, -0.1) is 0 Å². The quantitative estimate of drug-likeness (QED) is 0.451. The van der Waals surface area contributed by atoms with Crippen LogP contribution in [0.25, 0.3) is 0 Å². The molecule has 2 rings (SSSR count). The number of rotatable bonds is 2. The zero-order chi connectivity index (χ0) is 10.8. The number of aryl methyl sites for hydroxylation is 1. The Balaban J connectivity index is 2.33. The summed E-state index contributed by atoms with van der Waals surface area (Å²) in [5, 5.41) is 0. The van der Waals surface area contributed by atoms with Crippen molar-refractivity contribution in [1.29, 1.82) is 0 Å². The highest BCUT2D eigenvalue weighted by Gasteiger charge is 2.24. The Morgan fingerprint density at radius 1 is 1.33 bits per heavy atom. The second kappa shape index (κ2) is 3.88. The van der Waals surface area contributed by atoms with Gasteiger partial charge in [-0.2, -0.15) is 0 Å². The molecule has 4 nitrogen and oxygen atoms in total. The van der Waals surface area contributed by atoms with Gasteiger partial charge >= 0.3 is 5.97 Å². The number of nitrogens with one attached hydrogen (secondary N) is 1. The van der Waals surface area contributed by atoms with Gasteiger partial charge in [-0.1, -0.05) is 0 Å². The third-order valence-corrected chi connectivity index (χ3v) is 2.80. The summed E-state index contributed by atoms with van der Waals surface area (Å²) in [5.74, 6) is -1.33. The maximum Gasteiger partial charge on any atom is 0.379 e. The van der Waals surface area contributed by atoms with E-state index in [1.165, 1.54) is 7.11 Å². The van der Waals surface area contributed by atoms with Gasteiger partial charge in [0.2, 0.25) is 0 Å². The van der Waals surface area contributed by atoms with E-state index in [0.29, 0.717) is 5.56 Å². The van der Waals surface area contributed by atoms with Gasteiger partial charge in [-0.3, -0.25) is 4.79 Å². The Hall–Kier alpha value is -1.58. The van der Waals surface area contributed by atoms with Gasteiger partial charge in [0.1, 0.15) is 0 Å². The average molecular weight is 207 g/mol. The van der Waals surface area contributed by atoms with Crippen LogP contribution in [0.5, 0.6) is 0 Å². The van der Waals surface area contributed by atoms with Crippen molar-refractivity contribution in [1.82, 2.24) is 4.98 Å². The van der Waals surface area contributed by atoms with Gasteiger partial charge in [0, 0.05) is 11.9 Å². The Morgan fingerprint density at radius 2 is 2.07 bits per heavy atom. The number of hydrogen-bond donors (Lipinski definition) is 1. The molecule has 0 atom stereocenters. The van der Waals surface area contributed by atoms with Crippen LogP contribution in [0.1, 0.15) is 34.5 Å². The highest BCUT2D eigenvalue weighted by Crippen LogP contribution is 2.24. The van der Waals surface area contributed by atoms with Crippen LogP contribution in [-0.4, -0.2) is 23.8 Å². The molecule has 0 fully saturated rings. The van der Waals surface area contributed by atoms with Crippen molar-refractivity contribution in [2.45, 2.75) is 25.7 Å². The maximum atomic E-state index is 11.6. The molecule has 1 heterocycles. The Labute approximate surface area is 87.6 Å². The Bertz CT molecular complexity index is 406. The third-order valence-electron chi connectivity index (χ3n) is 2.80. The van der Waals surface area contributed by atoms with E-state index in [1.54, 1.807) is 6.20 Å². The Morgan fingerprint density at radius 3 is 2.80 bits per heavy atom. The summed E-state index contributed by atoms with van der Waals surface area (Å²) in [7, 11) is 1.22. The maximum absolute atomic E-state index is 11.6. The molecule has 80 valence electrons. The number of carbonyl (C=O) groups excluding carboxylic acids is 2. The minimum absolute atomic E-state index is 0.483. The van der Waals surface area contributed by atoms with Crippen molar-refractivity contribution in [2.75, 3.05) is 7.11 Å². The highest BCUT2D eigenvalue weighted by molar-refractivity contribution is 6.41. The number of aromatic nitrogens is 1. The second-order valence-corrected chi connectivity index (χ2v) is 3.69. The molecule has 0 unspecified atom stereocenters. The second-order valence-electron chi connectivity index (χ2n) is 3.69.